The van der Waals surface area contributed by atoms with Crippen molar-refractivity contribution in [2.75, 3.05) is 0 Å². The molecule has 90 valence electrons. The highest BCUT2D eigenvalue weighted by molar-refractivity contribution is 5.31. The molecule has 1 rings (SSSR count). The largest absolute Gasteiger partial charge is 0.487 e. The molecule has 1 aromatic carbocycles. The molecule has 0 saturated carbocycles. The minimum Gasteiger partial charge on any atom is -0.487 e. The van der Waals surface area contributed by atoms with Gasteiger partial charge in [-0.3, -0.25) is 0 Å². The Morgan fingerprint density at radius 1 is 1.25 bits per heavy atom. The number of aliphatic hydroxyl groups is 1. The highest BCUT2D eigenvalue weighted by Crippen LogP contribution is 2.21. The predicted molar refractivity (Wildman–Crippen MR) is 66.8 cm³/mol. The Kier molecular flexibility index (Phi) is 5.33. The van der Waals surface area contributed by atoms with Gasteiger partial charge in [-0.15, -0.1) is 0 Å². The molecule has 2 unspecified atom stereocenters. The van der Waals surface area contributed by atoms with E-state index in [0.717, 1.165) is 30.6 Å². The molecule has 2 nitrogen and oxygen atoms in total. The van der Waals surface area contributed by atoms with E-state index in [9.17, 15) is 5.11 Å². The van der Waals surface area contributed by atoms with Crippen LogP contribution in [0, 0.1) is 6.92 Å². The van der Waals surface area contributed by atoms with Gasteiger partial charge < -0.3 is 9.84 Å². The zero-order valence-electron chi connectivity index (χ0n) is 10.4. The molecule has 0 fully saturated rings. The molecule has 0 aromatic heterocycles. The van der Waals surface area contributed by atoms with Crippen molar-refractivity contribution in [1.29, 1.82) is 0 Å². The Morgan fingerprint density at radius 3 is 2.50 bits per heavy atom. The minimum atomic E-state index is -0.366. The van der Waals surface area contributed by atoms with Crippen molar-refractivity contribution in [2.45, 2.75) is 52.2 Å². The van der Waals surface area contributed by atoms with Crippen LogP contribution in [-0.2, 0) is 0 Å². The maximum absolute atomic E-state index is 9.94. The number of hydrogen-bond donors (Lipinski definition) is 1. The van der Waals surface area contributed by atoms with E-state index in [-0.39, 0.29) is 12.2 Å². The van der Waals surface area contributed by atoms with Gasteiger partial charge in [-0.2, -0.15) is 0 Å². The van der Waals surface area contributed by atoms with Crippen molar-refractivity contribution in [3.63, 3.8) is 0 Å². The Bertz CT molecular complexity index is 309. The average molecular weight is 222 g/mol. The molecule has 2 heteroatoms. The molecule has 0 bridgehead atoms. The van der Waals surface area contributed by atoms with Gasteiger partial charge >= 0.3 is 0 Å². The smallest absolute Gasteiger partial charge is 0.124 e. The molecule has 0 spiro atoms. The maximum Gasteiger partial charge on any atom is 0.124 e. The van der Waals surface area contributed by atoms with Gasteiger partial charge in [0, 0.05) is 0 Å². The highest BCUT2D eigenvalue weighted by Gasteiger charge is 2.18. The molecule has 0 radical (unpaired) electrons. The Morgan fingerprint density at radius 2 is 1.94 bits per heavy atom. The summed E-state index contributed by atoms with van der Waals surface area (Å²) in [6.07, 6.45) is 2.14. The van der Waals surface area contributed by atoms with Gasteiger partial charge in [0.2, 0.25) is 0 Å². The molecule has 0 amide bonds. The summed E-state index contributed by atoms with van der Waals surface area (Å²) < 4.78 is 5.86. The third-order valence-corrected chi connectivity index (χ3v) is 2.79. The van der Waals surface area contributed by atoms with E-state index in [0.29, 0.717) is 0 Å². The zero-order chi connectivity index (χ0) is 12.0. The van der Waals surface area contributed by atoms with Crippen molar-refractivity contribution in [3.05, 3.63) is 29.8 Å². The summed E-state index contributed by atoms with van der Waals surface area (Å²) in [7, 11) is 0. The lowest BCUT2D eigenvalue weighted by atomic mass is 10.1. The summed E-state index contributed by atoms with van der Waals surface area (Å²) in [5.74, 6) is 0.879. The zero-order valence-corrected chi connectivity index (χ0v) is 10.4. The first-order chi connectivity index (χ1) is 7.69. The van der Waals surface area contributed by atoms with E-state index in [4.69, 9.17) is 4.74 Å². The third-order valence-electron chi connectivity index (χ3n) is 2.79. The molecule has 0 saturated heterocycles. The van der Waals surface area contributed by atoms with E-state index in [1.807, 2.05) is 38.1 Å². The van der Waals surface area contributed by atoms with Gasteiger partial charge in [0.1, 0.15) is 11.9 Å². The fourth-order valence-corrected chi connectivity index (χ4v) is 1.77. The van der Waals surface area contributed by atoms with Gasteiger partial charge in [0.25, 0.3) is 0 Å². The quantitative estimate of drug-likeness (QED) is 0.800. The number of aliphatic hydroxyl groups excluding tert-OH is 1. The van der Waals surface area contributed by atoms with Gasteiger partial charge in [-0.1, -0.05) is 38.5 Å². The number of hydrogen-bond acceptors (Lipinski definition) is 2. The maximum atomic E-state index is 9.94. The second-order valence-corrected chi connectivity index (χ2v) is 4.19. The second kappa shape index (κ2) is 6.54. The average Bonchev–Trinajstić information content (AvgIpc) is 2.28. The summed E-state index contributed by atoms with van der Waals surface area (Å²) >= 11 is 0. The van der Waals surface area contributed by atoms with Crippen LogP contribution in [0.2, 0.25) is 0 Å². The van der Waals surface area contributed by atoms with Gasteiger partial charge in [-0.05, 0) is 31.4 Å². The number of aryl methyl sites for hydroxylation is 1. The van der Waals surface area contributed by atoms with Gasteiger partial charge in [-0.25, -0.2) is 0 Å². The number of ether oxygens (including phenoxy) is 1. The van der Waals surface area contributed by atoms with Crippen LogP contribution in [0.4, 0.5) is 0 Å². The highest BCUT2D eigenvalue weighted by atomic mass is 16.5. The standard InChI is InChI=1S/C14H22O2/c1-4-8-12(15)13(5-2)16-14-10-7-6-9-11(14)3/h6-7,9-10,12-13,15H,4-5,8H2,1-3H3. The Hall–Kier alpha value is -1.02. The first kappa shape index (κ1) is 13.0. The lowest BCUT2D eigenvalue weighted by Gasteiger charge is -2.23. The lowest BCUT2D eigenvalue weighted by Crippen LogP contribution is -2.31. The van der Waals surface area contributed by atoms with Crippen molar-refractivity contribution in [2.24, 2.45) is 0 Å². The van der Waals surface area contributed by atoms with Crippen molar-refractivity contribution in [3.8, 4) is 5.75 Å². The second-order valence-electron chi connectivity index (χ2n) is 4.19. The monoisotopic (exact) mass is 222 g/mol. The van der Waals surface area contributed by atoms with Crippen molar-refractivity contribution < 1.29 is 9.84 Å². The van der Waals surface area contributed by atoms with Crippen LogP contribution in [0.3, 0.4) is 0 Å². The van der Waals surface area contributed by atoms with E-state index >= 15 is 0 Å². The van der Waals surface area contributed by atoms with E-state index in [1.165, 1.54) is 0 Å². The van der Waals surface area contributed by atoms with Crippen molar-refractivity contribution in [1.82, 2.24) is 0 Å². The molecule has 2 atom stereocenters. The Labute approximate surface area is 98.3 Å². The normalized spacial score (nSPS) is 14.5. The van der Waals surface area contributed by atoms with Crippen LogP contribution in [0.25, 0.3) is 0 Å². The topological polar surface area (TPSA) is 29.5 Å². The lowest BCUT2D eigenvalue weighted by molar-refractivity contribution is 0.0281. The molecule has 16 heavy (non-hydrogen) atoms. The van der Waals surface area contributed by atoms with Crippen LogP contribution in [-0.4, -0.2) is 17.3 Å². The van der Waals surface area contributed by atoms with E-state index in [1.54, 1.807) is 0 Å². The van der Waals surface area contributed by atoms with Crippen LogP contribution in [0.5, 0.6) is 5.75 Å². The number of benzene rings is 1. The fraction of sp³-hybridized carbons (Fsp3) is 0.571. The summed E-state index contributed by atoms with van der Waals surface area (Å²) in [6, 6.07) is 7.93. The van der Waals surface area contributed by atoms with E-state index < -0.39 is 0 Å². The van der Waals surface area contributed by atoms with Crippen LogP contribution in [0.15, 0.2) is 24.3 Å². The summed E-state index contributed by atoms with van der Waals surface area (Å²) in [5, 5.41) is 9.94. The van der Waals surface area contributed by atoms with Crippen molar-refractivity contribution >= 4 is 0 Å². The van der Waals surface area contributed by atoms with Crippen LogP contribution in [0.1, 0.15) is 38.7 Å². The fourth-order valence-electron chi connectivity index (χ4n) is 1.77. The molecule has 0 aliphatic carbocycles. The molecule has 1 N–H and O–H groups in total. The Balaban J connectivity index is 2.66. The molecule has 0 aliphatic rings. The molecule has 0 heterocycles. The SMILES string of the molecule is CCCC(O)C(CC)Oc1ccccc1C. The van der Waals surface area contributed by atoms with Gasteiger partial charge in [0.05, 0.1) is 6.10 Å². The molecule has 1 aromatic rings. The predicted octanol–water partition coefficient (Wildman–Crippen LogP) is 3.31. The van der Waals surface area contributed by atoms with E-state index in [2.05, 4.69) is 6.92 Å². The molecule has 0 aliphatic heterocycles. The summed E-state index contributed by atoms with van der Waals surface area (Å²) in [5.41, 5.74) is 1.12. The number of rotatable bonds is 6. The molecular formula is C14H22O2. The van der Waals surface area contributed by atoms with Crippen LogP contribution >= 0.6 is 0 Å². The first-order valence-corrected chi connectivity index (χ1v) is 6.09. The summed E-state index contributed by atoms with van der Waals surface area (Å²) in [6.45, 7) is 6.14. The van der Waals surface area contributed by atoms with Crippen LogP contribution < -0.4 is 4.74 Å². The number of para-hydroxylation sites is 1. The summed E-state index contributed by atoms with van der Waals surface area (Å²) in [4.78, 5) is 0. The third kappa shape index (κ3) is 3.53. The molecular weight excluding hydrogens is 200 g/mol. The van der Waals surface area contributed by atoms with Gasteiger partial charge in [0.15, 0.2) is 0 Å². The minimum absolute atomic E-state index is 0.0963. The first-order valence-electron chi connectivity index (χ1n) is 6.09.